The molecule has 1 aliphatic carbocycles. The molecule has 0 aromatic rings. The highest BCUT2D eigenvalue weighted by Crippen LogP contribution is 2.38. The highest BCUT2D eigenvalue weighted by atomic mass is 16.5. The molecule has 1 saturated carbocycles. The lowest BCUT2D eigenvalue weighted by atomic mass is 9.87. The molecule has 6 nitrogen and oxygen atoms in total. The van der Waals surface area contributed by atoms with Gasteiger partial charge in [0.15, 0.2) is 0 Å². The minimum Gasteiger partial charge on any atom is -0.467 e. The van der Waals surface area contributed by atoms with Crippen LogP contribution in [0.2, 0.25) is 0 Å². The zero-order valence-electron chi connectivity index (χ0n) is 9.76. The molecule has 1 amide bonds. The first-order chi connectivity index (χ1) is 8.00. The summed E-state index contributed by atoms with van der Waals surface area (Å²) >= 11 is 0. The number of hydrogen-bond donors (Lipinski definition) is 1. The Bertz CT molecular complexity index is 354. The van der Waals surface area contributed by atoms with Crippen molar-refractivity contribution < 1.29 is 23.9 Å². The van der Waals surface area contributed by atoms with Crippen molar-refractivity contribution in [2.75, 3.05) is 7.11 Å². The van der Waals surface area contributed by atoms with E-state index < -0.39 is 29.3 Å². The van der Waals surface area contributed by atoms with Crippen LogP contribution in [0.15, 0.2) is 0 Å². The van der Waals surface area contributed by atoms with Crippen molar-refractivity contribution in [2.45, 2.75) is 25.3 Å². The summed E-state index contributed by atoms with van der Waals surface area (Å²) in [6, 6.07) is 0. The molecule has 0 aliphatic heterocycles. The van der Waals surface area contributed by atoms with Crippen molar-refractivity contribution in [3.05, 3.63) is 0 Å². The Hall–Kier alpha value is -1.72. The van der Waals surface area contributed by atoms with E-state index in [0.717, 1.165) is 0 Å². The van der Waals surface area contributed by atoms with Gasteiger partial charge in [-0.05, 0) is 12.8 Å². The van der Waals surface area contributed by atoms with Crippen molar-refractivity contribution in [3.8, 4) is 0 Å². The third kappa shape index (κ3) is 2.35. The Morgan fingerprint density at radius 2 is 2.00 bits per heavy atom. The van der Waals surface area contributed by atoms with E-state index >= 15 is 0 Å². The van der Waals surface area contributed by atoms with Crippen molar-refractivity contribution >= 4 is 24.4 Å². The monoisotopic (exact) mass is 241 g/mol. The van der Waals surface area contributed by atoms with Gasteiger partial charge >= 0.3 is 5.97 Å². The van der Waals surface area contributed by atoms with Crippen LogP contribution in [0.4, 0.5) is 0 Å². The SMILES string of the molecule is COC(=O)[C@]1(NC(C)=O)C[C@H](C=O)C[C@@H]1C=O. The molecule has 1 aliphatic rings. The number of nitrogens with one attached hydrogen (secondary N) is 1. The average molecular weight is 241 g/mol. The second-order valence-electron chi connectivity index (χ2n) is 4.22. The summed E-state index contributed by atoms with van der Waals surface area (Å²) < 4.78 is 4.63. The highest BCUT2D eigenvalue weighted by molar-refractivity contribution is 5.91. The van der Waals surface area contributed by atoms with Gasteiger partial charge in [-0.15, -0.1) is 0 Å². The smallest absolute Gasteiger partial charge is 0.332 e. The predicted molar refractivity (Wildman–Crippen MR) is 56.9 cm³/mol. The van der Waals surface area contributed by atoms with Gasteiger partial charge < -0.3 is 19.6 Å². The van der Waals surface area contributed by atoms with Gasteiger partial charge in [0.2, 0.25) is 5.91 Å². The molecular formula is C11H15NO5. The van der Waals surface area contributed by atoms with Gasteiger partial charge in [-0.2, -0.15) is 0 Å². The standard InChI is InChI=1S/C11H15NO5/c1-7(15)12-11(10(16)17-2)4-8(5-13)3-9(11)6-14/h5-6,8-9H,3-4H2,1-2H3,(H,12,15)/t8-,9-,11+/m1/s1. The minimum atomic E-state index is -1.39. The normalized spacial score (nSPS) is 31.6. The van der Waals surface area contributed by atoms with Gasteiger partial charge in [0, 0.05) is 18.8 Å². The molecule has 94 valence electrons. The van der Waals surface area contributed by atoms with E-state index in [-0.39, 0.29) is 12.8 Å². The number of methoxy groups -OCH3 is 1. The molecule has 3 atom stereocenters. The summed E-state index contributed by atoms with van der Waals surface area (Å²) in [5.41, 5.74) is -1.39. The second kappa shape index (κ2) is 5.07. The molecule has 6 heteroatoms. The molecular weight excluding hydrogens is 226 g/mol. The molecule has 0 bridgehead atoms. The van der Waals surface area contributed by atoms with Crippen molar-refractivity contribution in [1.29, 1.82) is 0 Å². The molecule has 0 spiro atoms. The predicted octanol–water partition coefficient (Wildman–Crippen LogP) is -0.542. The summed E-state index contributed by atoms with van der Waals surface area (Å²) in [5.74, 6) is -2.27. The van der Waals surface area contributed by atoms with Gasteiger partial charge in [0.05, 0.1) is 7.11 Å². The van der Waals surface area contributed by atoms with Crippen LogP contribution in [0.1, 0.15) is 19.8 Å². The minimum absolute atomic E-state index is 0.103. The number of rotatable bonds is 4. The Morgan fingerprint density at radius 3 is 2.41 bits per heavy atom. The van der Waals surface area contributed by atoms with E-state index in [1.165, 1.54) is 14.0 Å². The second-order valence-corrected chi connectivity index (χ2v) is 4.22. The largest absolute Gasteiger partial charge is 0.467 e. The van der Waals surface area contributed by atoms with Crippen LogP contribution in [-0.4, -0.2) is 37.1 Å². The highest BCUT2D eigenvalue weighted by Gasteiger charge is 2.54. The molecule has 0 aromatic carbocycles. The fourth-order valence-electron chi connectivity index (χ4n) is 2.38. The number of carbonyl (C=O) groups is 4. The van der Waals surface area contributed by atoms with Gasteiger partial charge in [-0.3, -0.25) is 4.79 Å². The van der Waals surface area contributed by atoms with Gasteiger partial charge in [-0.25, -0.2) is 4.79 Å². The summed E-state index contributed by atoms with van der Waals surface area (Å²) in [4.78, 5) is 44.7. The van der Waals surface area contributed by atoms with E-state index in [1.807, 2.05) is 0 Å². The maximum absolute atomic E-state index is 11.8. The molecule has 1 rings (SSSR count). The summed E-state index contributed by atoms with van der Waals surface area (Å²) in [5, 5.41) is 2.47. The Balaban J connectivity index is 3.10. The fourth-order valence-corrected chi connectivity index (χ4v) is 2.38. The number of hydrogen-bond acceptors (Lipinski definition) is 5. The van der Waals surface area contributed by atoms with Gasteiger partial charge in [0.25, 0.3) is 0 Å². The van der Waals surface area contributed by atoms with Gasteiger partial charge in [0.1, 0.15) is 18.1 Å². The van der Waals surface area contributed by atoms with Crippen LogP contribution in [0.25, 0.3) is 0 Å². The molecule has 0 unspecified atom stereocenters. The number of aldehydes is 2. The first-order valence-corrected chi connectivity index (χ1v) is 5.28. The van der Waals surface area contributed by atoms with E-state index in [1.54, 1.807) is 0 Å². The van der Waals surface area contributed by atoms with Crippen LogP contribution in [0, 0.1) is 11.8 Å². The van der Waals surface area contributed by atoms with Crippen LogP contribution < -0.4 is 5.32 Å². The van der Waals surface area contributed by atoms with E-state index in [9.17, 15) is 19.2 Å². The maximum atomic E-state index is 11.8. The third-order valence-corrected chi connectivity index (χ3v) is 3.08. The number of amides is 1. The summed E-state index contributed by atoms with van der Waals surface area (Å²) in [6.45, 7) is 1.25. The zero-order chi connectivity index (χ0) is 13.1. The van der Waals surface area contributed by atoms with Crippen molar-refractivity contribution in [1.82, 2.24) is 5.32 Å². The van der Waals surface area contributed by atoms with Crippen LogP contribution >= 0.6 is 0 Å². The number of carbonyl (C=O) groups excluding carboxylic acids is 4. The topological polar surface area (TPSA) is 89.5 Å². The van der Waals surface area contributed by atoms with E-state index in [0.29, 0.717) is 12.6 Å². The van der Waals surface area contributed by atoms with Crippen LogP contribution in [0.5, 0.6) is 0 Å². The number of ether oxygens (including phenoxy) is 1. The Morgan fingerprint density at radius 1 is 1.35 bits per heavy atom. The molecule has 17 heavy (non-hydrogen) atoms. The van der Waals surface area contributed by atoms with Crippen LogP contribution in [-0.2, 0) is 23.9 Å². The first-order valence-electron chi connectivity index (χ1n) is 5.28. The molecule has 1 fully saturated rings. The van der Waals surface area contributed by atoms with Crippen LogP contribution in [0.3, 0.4) is 0 Å². The first kappa shape index (κ1) is 13.3. The summed E-state index contributed by atoms with van der Waals surface area (Å²) in [6.07, 6.45) is 1.65. The molecule has 0 radical (unpaired) electrons. The van der Waals surface area contributed by atoms with Crippen molar-refractivity contribution in [2.24, 2.45) is 11.8 Å². The lowest BCUT2D eigenvalue weighted by Gasteiger charge is -2.30. The van der Waals surface area contributed by atoms with E-state index in [4.69, 9.17) is 0 Å². The maximum Gasteiger partial charge on any atom is 0.332 e. The average Bonchev–Trinajstić information content (AvgIpc) is 2.66. The third-order valence-electron chi connectivity index (χ3n) is 3.08. The fraction of sp³-hybridized carbons (Fsp3) is 0.636. The van der Waals surface area contributed by atoms with Gasteiger partial charge in [-0.1, -0.05) is 0 Å². The zero-order valence-corrected chi connectivity index (χ0v) is 9.76. The Kier molecular flexibility index (Phi) is 3.98. The summed E-state index contributed by atoms with van der Waals surface area (Å²) in [7, 11) is 1.18. The number of esters is 1. The van der Waals surface area contributed by atoms with Crippen molar-refractivity contribution in [3.63, 3.8) is 0 Å². The lowest BCUT2D eigenvalue weighted by Crippen LogP contribution is -2.57. The molecule has 1 N–H and O–H groups in total. The Labute approximate surface area is 98.7 Å². The lowest BCUT2D eigenvalue weighted by molar-refractivity contribution is -0.153. The molecule has 0 saturated heterocycles. The quantitative estimate of drug-likeness (QED) is 0.527. The molecule has 0 aromatic heterocycles. The molecule has 0 heterocycles. The van der Waals surface area contributed by atoms with E-state index in [2.05, 4.69) is 10.1 Å².